The molecule has 1 nitrogen and oxygen atoms in total. The molecule has 0 saturated carbocycles. The van der Waals surface area contributed by atoms with E-state index in [0.717, 1.165) is 5.56 Å². The van der Waals surface area contributed by atoms with E-state index in [1.165, 1.54) is 12.1 Å². The Balaban J connectivity index is 2.60. The van der Waals surface area contributed by atoms with Gasteiger partial charge in [-0.05, 0) is 55.7 Å². The molecule has 0 amide bonds. The highest BCUT2D eigenvalue weighted by Gasteiger charge is 2.18. The topological polar surface area (TPSA) is 17.1 Å². The highest BCUT2D eigenvalue weighted by molar-refractivity contribution is 6.32. The SMILES string of the molecule is Cc1cc(F)cc(C)c1C(=O)c1cccc(Cl)c1C. The third-order valence-electron chi connectivity index (χ3n) is 3.24. The van der Waals surface area contributed by atoms with Crippen molar-refractivity contribution < 1.29 is 9.18 Å². The van der Waals surface area contributed by atoms with Crippen molar-refractivity contribution in [2.24, 2.45) is 0 Å². The molecule has 0 N–H and O–H groups in total. The molecule has 0 aromatic heterocycles. The Morgan fingerprint density at radius 1 is 1.11 bits per heavy atom. The minimum atomic E-state index is -0.325. The Morgan fingerprint density at radius 3 is 2.26 bits per heavy atom. The first-order chi connectivity index (χ1) is 8.91. The standard InChI is InChI=1S/C16H14ClFO/c1-9-7-12(18)8-10(2)15(9)16(19)13-5-4-6-14(17)11(13)3/h4-8H,1-3H3. The molecule has 0 aliphatic rings. The maximum absolute atomic E-state index is 13.3. The van der Waals surface area contributed by atoms with E-state index in [0.29, 0.717) is 27.3 Å². The molecule has 0 aliphatic carbocycles. The van der Waals surface area contributed by atoms with Gasteiger partial charge in [0, 0.05) is 16.1 Å². The highest BCUT2D eigenvalue weighted by atomic mass is 35.5. The number of carbonyl (C=O) groups is 1. The maximum Gasteiger partial charge on any atom is 0.193 e. The largest absolute Gasteiger partial charge is 0.289 e. The van der Waals surface area contributed by atoms with Crippen LogP contribution in [0.4, 0.5) is 4.39 Å². The summed E-state index contributed by atoms with van der Waals surface area (Å²) in [6.07, 6.45) is 0. The van der Waals surface area contributed by atoms with Crippen molar-refractivity contribution in [1.29, 1.82) is 0 Å². The van der Waals surface area contributed by atoms with Gasteiger partial charge >= 0.3 is 0 Å². The van der Waals surface area contributed by atoms with Crippen molar-refractivity contribution in [3.8, 4) is 0 Å². The number of hydrogen-bond acceptors (Lipinski definition) is 1. The maximum atomic E-state index is 13.3. The van der Waals surface area contributed by atoms with Crippen molar-refractivity contribution in [1.82, 2.24) is 0 Å². The number of hydrogen-bond donors (Lipinski definition) is 0. The fraction of sp³-hybridized carbons (Fsp3) is 0.188. The molecule has 0 bridgehead atoms. The van der Waals surface area contributed by atoms with Gasteiger partial charge in [0.05, 0.1) is 0 Å². The molecule has 0 atom stereocenters. The lowest BCUT2D eigenvalue weighted by atomic mass is 9.92. The van der Waals surface area contributed by atoms with Crippen LogP contribution >= 0.6 is 11.6 Å². The average molecular weight is 277 g/mol. The Labute approximate surface area is 117 Å². The number of aryl methyl sites for hydroxylation is 2. The molecule has 0 aliphatic heterocycles. The second-order valence-corrected chi connectivity index (χ2v) is 5.06. The van der Waals surface area contributed by atoms with E-state index < -0.39 is 0 Å². The molecular weight excluding hydrogens is 263 g/mol. The Morgan fingerprint density at radius 2 is 1.68 bits per heavy atom. The summed E-state index contributed by atoms with van der Waals surface area (Å²) in [7, 11) is 0. The van der Waals surface area contributed by atoms with Gasteiger partial charge in [-0.2, -0.15) is 0 Å². The normalized spacial score (nSPS) is 10.6. The van der Waals surface area contributed by atoms with Gasteiger partial charge in [0.1, 0.15) is 5.82 Å². The number of carbonyl (C=O) groups excluding carboxylic acids is 1. The number of halogens is 2. The first kappa shape index (κ1) is 13.8. The van der Waals surface area contributed by atoms with Gasteiger partial charge < -0.3 is 0 Å². The Bertz CT molecular complexity index is 639. The van der Waals surface area contributed by atoms with E-state index in [1.807, 2.05) is 6.92 Å². The Hall–Kier alpha value is -1.67. The summed E-state index contributed by atoms with van der Waals surface area (Å²) in [5.74, 6) is -0.440. The molecule has 0 saturated heterocycles. The molecular formula is C16H14ClFO. The van der Waals surface area contributed by atoms with Gasteiger partial charge in [0.25, 0.3) is 0 Å². The van der Waals surface area contributed by atoms with E-state index in [2.05, 4.69) is 0 Å². The minimum Gasteiger partial charge on any atom is -0.289 e. The molecule has 0 unspecified atom stereocenters. The van der Waals surface area contributed by atoms with Crippen LogP contribution in [0.2, 0.25) is 5.02 Å². The minimum absolute atomic E-state index is 0.116. The average Bonchev–Trinajstić information content (AvgIpc) is 2.31. The molecule has 2 aromatic carbocycles. The fourth-order valence-corrected chi connectivity index (χ4v) is 2.43. The summed E-state index contributed by atoms with van der Waals surface area (Å²) < 4.78 is 13.3. The fourth-order valence-electron chi connectivity index (χ4n) is 2.26. The molecule has 0 spiro atoms. The summed E-state index contributed by atoms with van der Waals surface area (Å²) in [6.45, 7) is 5.29. The number of benzene rings is 2. The summed E-state index contributed by atoms with van der Waals surface area (Å²) in [5, 5.41) is 0.559. The lowest BCUT2D eigenvalue weighted by molar-refractivity contribution is 0.103. The predicted octanol–water partition coefficient (Wildman–Crippen LogP) is 4.64. The zero-order valence-corrected chi connectivity index (χ0v) is 11.8. The smallest absolute Gasteiger partial charge is 0.193 e. The van der Waals surface area contributed by atoms with Crippen molar-refractivity contribution in [3.63, 3.8) is 0 Å². The Kier molecular flexibility index (Phi) is 3.72. The van der Waals surface area contributed by atoms with Gasteiger partial charge in [-0.25, -0.2) is 4.39 Å². The zero-order chi connectivity index (χ0) is 14.2. The van der Waals surface area contributed by atoms with Crippen molar-refractivity contribution in [2.45, 2.75) is 20.8 Å². The van der Waals surface area contributed by atoms with E-state index >= 15 is 0 Å². The van der Waals surface area contributed by atoms with Crippen molar-refractivity contribution in [2.75, 3.05) is 0 Å². The van der Waals surface area contributed by atoms with Crippen LogP contribution in [-0.2, 0) is 0 Å². The van der Waals surface area contributed by atoms with Gasteiger partial charge in [-0.3, -0.25) is 4.79 Å². The van der Waals surface area contributed by atoms with Crippen molar-refractivity contribution >= 4 is 17.4 Å². The molecule has 19 heavy (non-hydrogen) atoms. The molecule has 0 radical (unpaired) electrons. The molecule has 2 aromatic rings. The summed E-state index contributed by atoms with van der Waals surface area (Å²) >= 11 is 6.04. The molecule has 0 fully saturated rings. The third-order valence-corrected chi connectivity index (χ3v) is 3.65. The van der Waals surface area contributed by atoms with Crippen molar-refractivity contribution in [3.05, 3.63) is 69.0 Å². The second kappa shape index (κ2) is 5.14. The lowest BCUT2D eigenvalue weighted by Crippen LogP contribution is -2.08. The number of rotatable bonds is 2. The highest BCUT2D eigenvalue weighted by Crippen LogP contribution is 2.25. The van der Waals surface area contributed by atoms with Crippen LogP contribution in [0.1, 0.15) is 32.6 Å². The quantitative estimate of drug-likeness (QED) is 0.731. The lowest BCUT2D eigenvalue weighted by Gasteiger charge is -2.11. The third kappa shape index (κ3) is 2.54. The van der Waals surface area contributed by atoms with Crippen LogP contribution in [0, 0.1) is 26.6 Å². The summed E-state index contributed by atoms with van der Waals surface area (Å²) in [4.78, 5) is 12.6. The summed E-state index contributed by atoms with van der Waals surface area (Å²) in [6, 6.07) is 7.99. The van der Waals surface area contributed by atoms with E-state index in [9.17, 15) is 9.18 Å². The molecule has 98 valence electrons. The first-order valence-electron chi connectivity index (χ1n) is 5.98. The second-order valence-electron chi connectivity index (χ2n) is 4.66. The van der Waals surface area contributed by atoms with Gasteiger partial charge in [0.2, 0.25) is 0 Å². The number of ketones is 1. The van der Waals surface area contributed by atoms with Crippen LogP contribution in [0.3, 0.4) is 0 Å². The summed E-state index contributed by atoms with van der Waals surface area (Å²) in [5.41, 5.74) is 3.14. The van der Waals surface area contributed by atoms with Crippen LogP contribution < -0.4 is 0 Å². The zero-order valence-electron chi connectivity index (χ0n) is 11.1. The van der Waals surface area contributed by atoms with Gasteiger partial charge in [-0.15, -0.1) is 0 Å². The molecule has 3 heteroatoms. The first-order valence-corrected chi connectivity index (χ1v) is 6.36. The van der Waals surface area contributed by atoms with E-state index in [-0.39, 0.29) is 11.6 Å². The molecule has 0 heterocycles. The van der Waals surface area contributed by atoms with Gasteiger partial charge in [0.15, 0.2) is 5.78 Å². The van der Waals surface area contributed by atoms with Crippen LogP contribution in [0.15, 0.2) is 30.3 Å². The molecule has 2 rings (SSSR count). The van der Waals surface area contributed by atoms with Crippen LogP contribution in [-0.4, -0.2) is 5.78 Å². The van der Waals surface area contributed by atoms with Gasteiger partial charge in [-0.1, -0.05) is 23.7 Å². The van der Waals surface area contributed by atoms with Crippen LogP contribution in [0.5, 0.6) is 0 Å². The predicted molar refractivity (Wildman–Crippen MR) is 75.5 cm³/mol. The van der Waals surface area contributed by atoms with Crippen LogP contribution in [0.25, 0.3) is 0 Å². The van der Waals surface area contributed by atoms with E-state index in [4.69, 9.17) is 11.6 Å². The monoisotopic (exact) mass is 276 g/mol. The van der Waals surface area contributed by atoms with E-state index in [1.54, 1.807) is 32.0 Å².